The minimum Gasteiger partial charge on any atom is -0.480 e. The molecule has 3 N–H and O–H groups in total. The predicted molar refractivity (Wildman–Crippen MR) is 72.9 cm³/mol. The van der Waals surface area contributed by atoms with Crippen LogP contribution in [0.2, 0.25) is 0 Å². The van der Waals surface area contributed by atoms with Crippen molar-refractivity contribution >= 4 is 17.7 Å². The zero-order valence-electron chi connectivity index (χ0n) is 10.8. The molecule has 0 saturated carbocycles. The van der Waals surface area contributed by atoms with Crippen LogP contribution in [0.25, 0.3) is 0 Å². The molecule has 2 amide bonds. The van der Waals surface area contributed by atoms with E-state index in [1.54, 1.807) is 0 Å². The molecule has 0 bridgehead atoms. The first-order valence-electron chi connectivity index (χ1n) is 5.69. The van der Waals surface area contributed by atoms with Crippen molar-refractivity contribution in [2.45, 2.75) is 12.5 Å². The highest BCUT2D eigenvalue weighted by atomic mass is 16.4. The Bertz CT molecular complexity index is 692. The minimum absolute atomic E-state index is 0.105. The van der Waals surface area contributed by atoms with Crippen LogP contribution in [-0.4, -0.2) is 23.1 Å². The van der Waals surface area contributed by atoms with Crippen LogP contribution in [0.3, 0.4) is 0 Å². The largest absolute Gasteiger partial charge is 0.480 e. The average Bonchev–Trinajstić information content (AvgIpc) is 2.46. The SMILES string of the molecule is C#CCC(NC(=O)Nc1ccc(C#N)c(C#N)c1)C(=O)O. The van der Waals surface area contributed by atoms with Crippen LogP contribution >= 0.6 is 0 Å². The number of hydrogen-bond acceptors (Lipinski definition) is 4. The number of carboxylic acid groups (broad SMARTS) is 1. The number of rotatable bonds is 4. The molecule has 7 nitrogen and oxygen atoms in total. The van der Waals surface area contributed by atoms with Gasteiger partial charge < -0.3 is 15.7 Å². The Hall–Kier alpha value is -3.50. The molecule has 0 aliphatic carbocycles. The van der Waals surface area contributed by atoms with Crippen molar-refractivity contribution in [3.63, 3.8) is 0 Å². The average molecular weight is 282 g/mol. The summed E-state index contributed by atoms with van der Waals surface area (Å²) in [6.45, 7) is 0. The summed E-state index contributed by atoms with van der Waals surface area (Å²) in [7, 11) is 0. The molecule has 0 radical (unpaired) electrons. The fraction of sp³-hybridized carbons (Fsp3) is 0.143. The number of amides is 2. The summed E-state index contributed by atoms with van der Waals surface area (Å²) in [5.41, 5.74) is 0.542. The molecular weight excluding hydrogens is 272 g/mol. The second kappa shape index (κ2) is 7.18. The number of terminal acetylenes is 1. The molecule has 0 saturated heterocycles. The van der Waals surface area contributed by atoms with Crippen LogP contribution in [0.4, 0.5) is 10.5 Å². The van der Waals surface area contributed by atoms with Gasteiger partial charge in [-0.25, -0.2) is 9.59 Å². The van der Waals surface area contributed by atoms with Gasteiger partial charge in [-0.15, -0.1) is 12.3 Å². The normalized spacial score (nSPS) is 10.3. The Labute approximate surface area is 120 Å². The number of nitrogens with zero attached hydrogens (tertiary/aromatic N) is 2. The standard InChI is InChI=1S/C14H10N4O3/c1-2-3-12(13(19)20)18-14(21)17-11-5-4-9(7-15)10(6-11)8-16/h1,4-6,12H,3H2,(H,19,20)(H2,17,18,21). The van der Waals surface area contributed by atoms with Gasteiger partial charge in [0.1, 0.15) is 18.2 Å². The summed E-state index contributed by atoms with van der Waals surface area (Å²) in [5, 5.41) is 31.1. The van der Waals surface area contributed by atoms with Crippen molar-refractivity contribution in [3.05, 3.63) is 29.3 Å². The van der Waals surface area contributed by atoms with Crippen LogP contribution in [0.1, 0.15) is 17.5 Å². The second-order valence-electron chi connectivity index (χ2n) is 3.88. The third kappa shape index (κ3) is 4.27. The summed E-state index contributed by atoms with van der Waals surface area (Å²) in [5.74, 6) is 0.900. The fourth-order valence-electron chi connectivity index (χ4n) is 1.46. The highest BCUT2D eigenvalue weighted by Crippen LogP contribution is 2.14. The number of carboxylic acids is 1. The van der Waals surface area contributed by atoms with Gasteiger partial charge in [0, 0.05) is 12.1 Å². The van der Waals surface area contributed by atoms with E-state index in [0.29, 0.717) is 0 Å². The quantitative estimate of drug-likeness (QED) is 0.711. The van der Waals surface area contributed by atoms with E-state index in [-0.39, 0.29) is 23.2 Å². The Morgan fingerprint density at radius 1 is 1.29 bits per heavy atom. The second-order valence-corrected chi connectivity index (χ2v) is 3.88. The predicted octanol–water partition coefficient (Wildman–Crippen LogP) is 1.03. The number of nitrogens with one attached hydrogen (secondary N) is 2. The molecule has 0 aromatic heterocycles. The van der Waals surface area contributed by atoms with Crippen LogP contribution < -0.4 is 10.6 Å². The van der Waals surface area contributed by atoms with E-state index in [0.717, 1.165) is 0 Å². The molecule has 0 spiro atoms. The molecule has 7 heteroatoms. The van der Waals surface area contributed by atoms with Gasteiger partial charge in [0.05, 0.1) is 11.1 Å². The maximum absolute atomic E-state index is 11.7. The van der Waals surface area contributed by atoms with Crippen LogP contribution in [0.15, 0.2) is 18.2 Å². The summed E-state index contributed by atoms with van der Waals surface area (Å²) in [4.78, 5) is 22.5. The van der Waals surface area contributed by atoms with Gasteiger partial charge in [-0.2, -0.15) is 10.5 Å². The number of aliphatic carboxylic acids is 1. The first-order valence-corrected chi connectivity index (χ1v) is 5.69. The molecular formula is C14H10N4O3. The lowest BCUT2D eigenvalue weighted by molar-refractivity contribution is -0.139. The maximum Gasteiger partial charge on any atom is 0.327 e. The van der Waals surface area contributed by atoms with Crippen molar-refractivity contribution in [3.8, 4) is 24.5 Å². The molecule has 0 aliphatic heterocycles. The lowest BCUT2D eigenvalue weighted by Crippen LogP contribution is -2.42. The van der Waals surface area contributed by atoms with Crippen molar-refractivity contribution in [1.82, 2.24) is 5.32 Å². The van der Waals surface area contributed by atoms with Gasteiger partial charge in [0.2, 0.25) is 0 Å². The molecule has 1 unspecified atom stereocenters. The zero-order valence-corrected chi connectivity index (χ0v) is 10.8. The first kappa shape index (κ1) is 15.6. The third-order valence-electron chi connectivity index (χ3n) is 2.44. The van der Waals surface area contributed by atoms with Gasteiger partial charge in [-0.3, -0.25) is 0 Å². The number of nitriles is 2. The van der Waals surface area contributed by atoms with Crippen LogP contribution in [0, 0.1) is 35.0 Å². The van der Waals surface area contributed by atoms with Gasteiger partial charge in [-0.05, 0) is 18.2 Å². The van der Waals surface area contributed by atoms with Gasteiger partial charge in [-0.1, -0.05) is 0 Å². The maximum atomic E-state index is 11.7. The number of carbonyl (C=O) groups excluding carboxylic acids is 1. The Morgan fingerprint density at radius 2 is 1.95 bits per heavy atom. The summed E-state index contributed by atoms with van der Waals surface area (Å²) < 4.78 is 0. The molecule has 104 valence electrons. The summed E-state index contributed by atoms with van der Waals surface area (Å²) in [6, 6.07) is 5.81. The Kier molecular flexibility index (Phi) is 5.32. The van der Waals surface area contributed by atoms with E-state index in [1.165, 1.54) is 18.2 Å². The first-order chi connectivity index (χ1) is 10.0. The lowest BCUT2D eigenvalue weighted by Gasteiger charge is -2.13. The van der Waals surface area contributed by atoms with E-state index in [1.807, 2.05) is 12.1 Å². The smallest absolute Gasteiger partial charge is 0.327 e. The number of hydrogen-bond donors (Lipinski definition) is 3. The van der Waals surface area contributed by atoms with Crippen molar-refractivity contribution in [2.24, 2.45) is 0 Å². The third-order valence-corrected chi connectivity index (χ3v) is 2.44. The molecule has 0 aliphatic rings. The van der Waals surface area contributed by atoms with Crippen molar-refractivity contribution in [1.29, 1.82) is 10.5 Å². The van der Waals surface area contributed by atoms with E-state index >= 15 is 0 Å². The monoisotopic (exact) mass is 282 g/mol. The molecule has 1 aromatic carbocycles. The zero-order chi connectivity index (χ0) is 15.8. The van der Waals surface area contributed by atoms with Crippen LogP contribution in [0.5, 0.6) is 0 Å². The highest BCUT2D eigenvalue weighted by Gasteiger charge is 2.18. The molecule has 1 aromatic rings. The molecule has 1 rings (SSSR count). The van der Waals surface area contributed by atoms with Crippen LogP contribution in [-0.2, 0) is 4.79 Å². The number of anilines is 1. The Morgan fingerprint density at radius 3 is 2.48 bits per heavy atom. The molecule has 21 heavy (non-hydrogen) atoms. The number of carbonyl (C=O) groups is 2. The lowest BCUT2D eigenvalue weighted by atomic mass is 10.1. The topological polar surface area (TPSA) is 126 Å². The van der Waals surface area contributed by atoms with Crippen molar-refractivity contribution < 1.29 is 14.7 Å². The Balaban J connectivity index is 2.81. The van der Waals surface area contributed by atoms with E-state index < -0.39 is 18.0 Å². The van der Waals surface area contributed by atoms with E-state index in [9.17, 15) is 9.59 Å². The van der Waals surface area contributed by atoms with Gasteiger partial charge >= 0.3 is 12.0 Å². The van der Waals surface area contributed by atoms with Gasteiger partial charge in [0.15, 0.2) is 0 Å². The number of urea groups is 1. The summed E-state index contributed by atoms with van der Waals surface area (Å²) >= 11 is 0. The molecule has 0 heterocycles. The molecule has 0 fully saturated rings. The van der Waals surface area contributed by atoms with E-state index in [2.05, 4.69) is 16.6 Å². The summed E-state index contributed by atoms with van der Waals surface area (Å²) in [6.07, 6.45) is 4.86. The number of benzene rings is 1. The van der Waals surface area contributed by atoms with E-state index in [4.69, 9.17) is 22.1 Å². The highest BCUT2D eigenvalue weighted by molar-refractivity contribution is 5.92. The fourth-order valence-corrected chi connectivity index (χ4v) is 1.46. The minimum atomic E-state index is -1.25. The van der Waals surface area contributed by atoms with Crippen molar-refractivity contribution in [2.75, 3.05) is 5.32 Å². The molecule has 1 atom stereocenters. The van der Waals surface area contributed by atoms with Gasteiger partial charge in [0.25, 0.3) is 0 Å².